The van der Waals surface area contributed by atoms with Crippen LogP contribution in [0.2, 0.25) is 0 Å². The zero-order chi connectivity index (χ0) is 16.1. The van der Waals surface area contributed by atoms with Crippen molar-refractivity contribution in [1.82, 2.24) is 9.97 Å². The summed E-state index contributed by atoms with van der Waals surface area (Å²) in [5.41, 5.74) is 2.58. The second-order valence-corrected chi connectivity index (χ2v) is 6.71. The minimum Gasteiger partial charge on any atom is -0.353 e. The first-order chi connectivity index (χ1) is 11.8. The number of aromatic nitrogens is 2. The number of fused-ring (bicyclic) bond motifs is 1. The predicted molar refractivity (Wildman–Crippen MR) is 98.8 cm³/mol. The summed E-state index contributed by atoms with van der Waals surface area (Å²) in [6, 6.07) is 22.7. The smallest absolute Gasteiger partial charge is 0.137 e. The van der Waals surface area contributed by atoms with E-state index < -0.39 is 0 Å². The number of thiazole rings is 1. The molecule has 5 aromatic rings. The van der Waals surface area contributed by atoms with Gasteiger partial charge in [0.05, 0.1) is 15.6 Å². The molecule has 0 amide bonds. The van der Waals surface area contributed by atoms with Crippen LogP contribution in [0.3, 0.4) is 0 Å². The molecule has 0 bridgehead atoms. The molecule has 0 radical (unpaired) electrons. The van der Waals surface area contributed by atoms with Crippen LogP contribution in [-0.4, -0.2) is 9.97 Å². The van der Waals surface area contributed by atoms with Gasteiger partial charge in [0.1, 0.15) is 16.6 Å². The van der Waals surface area contributed by atoms with Gasteiger partial charge in [-0.05, 0) is 23.6 Å². The lowest BCUT2D eigenvalue weighted by Crippen LogP contribution is -2.07. The van der Waals surface area contributed by atoms with Crippen LogP contribution in [0.25, 0.3) is 37.5 Å². The number of H-pyrrole nitrogens is 1. The summed E-state index contributed by atoms with van der Waals surface area (Å²) in [7, 11) is 0. The number of rotatable bonds is 1. The predicted octanol–water partition coefficient (Wildman–Crippen LogP) is 4.37. The van der Waals surface area contributed by atoms with Gasteiger partial charge in [0.2, 0.25) is 0 Å². The third kappa shape index (κ3) is 1.79. The molecule has 3 nitrogen and oxygen atoms in total. The third-order valence-corrected chi connectivity index (χ3v) is 5.36. The quantitative estimate of drug-likeness (QED) is 0.497. The summed E-state index contributed by atoms with van der Waals surface area (Å²) >= 11 is 1.55. The van der Waals surface area contributed by atoms with Crippen LogP contribution in [0.1, 0.15) is 5.01 Å². The van der Waals surface area contributed by atoms with E-state index in [0.29, 0.717) is 5.57 Å². The van der Waals surface area contributed by atoms with E-state index in [1.807, 2.05) is 42.5 Å². The molecule has 0 fully saturated rings. The van der Waals surface area contributed by atoms with Crippen molar-refractivity contribution >= 4 is 48.8 Å². The highest BCUT2D eigenvalue weighted by Crippen LogP contribution is 2.28. The summed E-state index contributed by atoms with van der Waals surface area (Å²) < 4.78 is 1.09. The Balaban J connectivity index is 1.94. The van der Waals surface area contributed by atoms with Crippen LogP contribution in [0.4, 0.5) is 0 Å². The highest BCUT2D eigenvalue weighted by atomic mass is 32.1. The lowest BCUT2D eigenvalue weighted by Gasteiger charge is -1.96. The van der Waals surface area contributed by atoms with Crippen molar-refractivity contribution in [3.63, 3.8) is 0 Å². The number of hydrogen-bond acceptors (Lipinski definition) is 3. The maximum Gasteiger partial charge on any atom is 0.137 e. The molecular formula is C20H11N3S. The summed E-state index contributed by atoms with van der Waals surface area (Å²) in [6.45, 7) is 0. The van der Waals surface area contributed by atoms with Gasteiger partial charge in [0.15, 0.2) is 0 Å². The summed E-state index contributed by atoms with van der Waals surface area (Å²) in [6.07, 6.45) is 0. The Labute approximate surface area is 141 Å². The van der Waals surface area contributed by atoms with Gasteiger partial charge in [-0.15, -0.1) is 11.3 Å². The molecule has 0 spiro atoms. The Morgan fingerprint density at radius 1 is 1.00 bits per heavy atom. The fourth-order valence-corrected chi connectivity index (χ4v) is 4.21. The molecule has 0 unspecified atom stereocenters. The van der Waals surface area contributed by atoms with Gasteiger partial charge in [-0.25, -0.2) is 4.98 Å². The number of aromatic amines is 1. The maximum atomic E-state index is 9.82. The SMILES string of the molecule is N#C/C(c1nc2ccccc2s1)=c1\[nH]c2cccc3cccc1c32. The van der Waals surface area contributed by atoms with E-state index in [0.717, 1.165) is 31.5 Å². The second kappa shape index (κ2) is 4.92. The average molecular weight is 325 g/mol. The van der Waals surface area contributed by atoms with E-state index in [2.05, 4.69) is 34.2 Å². The number of nitriles is 1. The average Bonchev–Trinajstić information content (AvgIpc) is 3.20. The molecule has 2 aromatic heterocycles. The first-order valence-electron chi connectivity index (χ1n) is 7.64. The molecule has 0 saturated heterocycles. The third-order valence-electron chi connectivity index (χ3n) is 4.30. The molecular weight excluding hydrogens is 314 g/mol. The molecule has 0 aliphatic rings. The second-order valence-electron chi connectivity index (χ2n) is 5.68. The fraction of sp³-hybridized carbons (Fsp3) is 0. The Morgan fingerprint density at radius 3 is 2.67 bits per heavy atom. The van der Waals surface area contributed by atoms with E-state index in [1.54, 1.807) is 11.3 Å². The fourth-order valence-electron chi connectivity index (χ4n) is 3.24. The summed E-state index contributed by atoms with van der Waals surface area (Å²) in [5.74, 6) is 0. The number of nitrogens with zero attached hydrogens (tertiary/aromatic N) is 2. The van der Waals surface area contributed by atoms with E-state index >= 15 is 0 Å². The first kappa shape index (κ1) is 13.3. The molecule has 3 aromatic carbocycles. The largest absolute Gasteiger partial charge is 0.353 e. The topological polar surface area (TPSA) is 52.5 Å². The minimum atomic E-state index is 0.597. The summed E-state index contributed by atoms with van der Waals surface area (Å²) in [4.78, 5) is 8.08. The van der Waals surface area contributed by atoms with Gasteiger partial charge in [0.25, 0.3) is 0 Å². The number of hydrogen-bond donors (Lipinski definition) is 1. The molecule has 2 heterocycles. The molecule has 4 heteroatoms. The molecule has 0 atom stereocenters. The molecule has 24 heavy (non-hydrogen) atoms. The lowest BCUT2D eigenvalue weighted by molar-refractivity contribution is 1.35. The summed E-state index contributed by atoms with van der Waals surface area (Å²) in [5, 5.41) is 14.8. The standard InChI is InChI=1S/C20H11N3S/c21-11-14(20-23-15-8-1-2-10-17(15)24-20)19-13-7-3-5-12-6-4-9-16(22-19)18(12)13/h1-10,22H/b19-14+. The molecule has 0 aliphatic heterocycles. The number of nitrogens with one attached hydrogen (secondary N) is 1. The van der Waals surface area contributed by atoms with Crippen LogP contribution in [0.5, 0.6) is 0 Å². The van der Waals surface area contributed by atoms with Crippen LogP contribution >= 0.6 is 11.3 Å². The van der Waals surface area contributed by atoms with Crippen molar-refractivity contribution in [3.8, 4) is 6.07 Å². The molecule has 112 valence electrons. The van der Waals surface area contributed by atoms with E-state index in [-0.39, 0.29) is 0 Å². The van der Waals surface area contributed by atoms with Crippen molar-refractivity contribution in [2.75, 3.05) is 0 Å². The minimum absolute atomic E-state index is 0.597. The number of para-hydroxylation sites is 1. The maximum absolute atomic E-state index is 9.82. The van der Waals surface area contributed by atoms with Crippen molar-refractivity contribution in [2.45, 2.75) is 0 Å². The van der Waals surface area contributed by atoms with Gasteiger partial charge in [0, 0.05) is 16.3 Å². The Bertz CT molecular complexity index is 1280. The van der Waals surface area contributed by atoms with Crippen LogP contribution in [0.15, 0.2) is 60.7 Å². The van der Waals surface area contributed by atoms with E-state index in [4.69, 9.17) is 0 Å². The van der Waals surface area contributed by atoms with Gasteiger partial charge in [-0.2, -0.15) is 5.26 Å². The van der Waals surface area contributed by atoms with Crippen LogP contribution < -0.4 is 5.35 Å². The normalized spacial score (nSPS) is 12.8. The zero-order valence-corrected chi connectivity index (χ0v) is 13.4. The zero-order valence-electron chi connectivity index (χ0n) is 12.6. The molecule has 5 rings (SSSR count). The monoisotopic (exact) mass is 325 g/mol. The Hall–Kier alpha value is -3.16. The molecule has 1 N–H and O–H groups in total. The highest BCUT2D eigenvalue weighted by Gasteiger charge is 2.13. The van der Waals surface area contributed by atoms with Crippen molar-refractivity contribution in [2.24, 2.45) is 0 Å². The highest BCUT2D eigenvalue weighted by molar-refractivity contribution is 7.19. The molecule has 0 saturated carbocycles. The van der Waals surface area contributed by atoms with Crippen molar-refractivity contribution in [3.05, 3.63) is 71.0 Å². The Morgan fingerprint density at radius 2 is 1.83 bits per heavy atom. The van der Waals surface area contributed by atoms with Gasteiger partial charge < -0.3 is 4.98 Å². The van der Waals surface area contributed by atoms with E-state index in [1.165, 1.54) is 10.8 Å². The van der Waals surface area contributed by atoms with Crippen molar-refractivity contribution < 1.29 is 0 Å². The van der Waals surface area contributed by atoms with E-state index in [9.17, 15) is 5.26 Å². The van der Waals surface area contributed by atoms with Gasteiger partial charge in [-0.1, -0.05) is 42.5 Å². The molecule has 0 aliphatic carbocycles. The van der Waals surface area contributed by atoms with Crippen LogP contribution in [-0.2, 0) is 0 Å². The van der Waals surface area contributed by atoms with Crippen LogP contribution in [0, 0.1) is 11.3 Å². The lowest BCUT2D eigenvalue weighted by atomic mass is 10.1. The Kier molecular flexibility index (Phi) is 2.72. The first-order valence-corrected chi connectivity index (χ1v) is 8.46. The number of benzene rings is 3. The van der Waals surface area contributed by atoms with Gasteiger partial charge >= 0.3 is 0 Å². The van der Waals surface area contributed by atoms with Gasteiger partial charge in [-0.3, -0.25) is 0 Å². The van der Waals surface area contributed by atoms with Crippen molar-refractivity contribution in [1.29, 1.82) is 5.26 Å².